The normalized spacial score (nSPS) is 13.1. The van der Waals surface area contributed by atoms with Crippen LogP contribution in [0.2, 0.25) is 0 Å². The highest BCUT2D eigenvalue weighted by Gasteiger charge is 2.20. The smallest absolute Gasteiger partial charge is 0.312 e. The Hall–Kier alpha value is -1.69. The SMILES string of the molecule is CC(C)C[C@@H](/C=C/S(C)(=O)=O)NC(=O)Cc1cc(I)c(O)c([N+](=O)[O-])c1. The fraction of sp³-hybridized carbons (Fsp3) is 0.438. The van der Waals surface area contributed by atoms with Crippen LogP contribution in [0.3, 0.4) is 0 Å². The molecule has 0 fully saturated rings. The minimum absolute atomic E-state index is 0.127. The Morgan fingerprint density at radius 2 is 2.04 bits per heavy atom. The lowest BCUT2D eigenvalue weighted by atomic mass is 10.0. The van der Waals surface area contributed by atoms with Gasteiger partial charge < -0.3 is 10.4 Å². The zero-order valence-corrected chi connectivity index (χ0v) is 17.6. The van der Waals surface area contributed by atoms with Gasteiger partial charge in [0.1, 0.15) is 0 Å². The minimum Gasteiger partial charge on any atom is -0.501 e. The number of aromatic hydroxyl groups is 1. The highest BCUT2D eigenvalue weighted by atomic mass is 127. The number of nitro groups is 1. The lowest BCUT2D eigenvalue weighted by molar-refractivity contribution is -0.386. The lowest BCUT2D eigenvalue weighted by Crippen LogP contribution is -2.35. The van der Waals surface area contributed by atoms with Crippen molar-refractivity contribution in [2.24, 2.45) is 5.92 Å². The average molecular weight is 496 g/mol. The van der Waals surface area contributed by atoms with Gasteiger partial charge in [-0.05, 0) is 46.6 Å². The number of hydrogen-bond donors (Lipinski definition) is 2. The van der Waals surface area contributed by atoms with Gasteiger partial charge in [-0.1, -0.05) is 19.9 Å². The summed E-state index contributed by atoms with van der Waals surface area (Å²) in [5.41, 5.74) is -0.0813. The van der Waals surface area contributed by atoms with Crippen LogP contribution in [0.25, 0.3) is 0 Å². The van der Waals surface area contributed by atoms with Gasteiger partial charge in [0.25, 0.3) is 0 Å². The zero-order valence-electron chi connectivity index (χ0n) is 14.6. The van der Waals surface area contributed by atoms with Crippen molar-refractivity contribution in [3.8, 4) is 5.75 Å². The van der Waals surface area contributed by atoms with E-state index in [2.05, 4.69) is 5.32 Å². The van der Waals surface area contributed by atoms with Gasteiger partial charge >= 0.3 is 5.69 Å². The van der Waals surface area contributed by atoms with E-state index in [0.29, 0.717) is 12.0 Å². The zero-order chi connectivity index (χ0) is 20.1. The highest BCUT2D eigenvalue weighted by Crippen LogP contribution is 2.32. The minimum atomic E-state index is -3.31. The van der Waals surface area contributed by atoms with Crippen LogP contribution in [0.5, 0.6) is 5.75 Å². The third-order valence-electron chi connectivity index (χ3n) is 3.29. The molecule has 26 heavy (non-hydrogen) atoms. The molecule has 0 aliphatic heterocycles. The van der Waals surface area contributed by atoms with E-state index in [4.69, 9.17) is 0 Å². The maximum absolute atomic E-state index is 12.3. The molecule has 0 radical (unpaired) electrons. The van der Waals surface area contributed by atoms with Gasteiger partial charge in [0.05, 0.1) is 14.9 Å². The number of carbonyl (C=O) groups is 1. The maximum Gasteiger partial charge on any atom is 0.312 e. The highest BCUT2D eigenvalue weighted by molar-refractivity contribution is 14.1. The Morgan fingerprint density at radius 1 is 1.42 bits per heavy atom. The van der Waals surface area contributed by atoms with Gasteiger partial charge in [0.2, 0.25) is 11.7 Å². The molecule has 0 saturated carbocycles. The molecule has 0 bridgehead atoms. The molecule has 1 atom stereocenters. The number of phenolic OH excluding ortho intramolecular Hbond substituents is 1. The number of rotatable bonds is 8. The molecule has 10 heteroatoms. The Bertz CT molecular complexity index is 820. The summed E-state index contributed by atoms with van der Waals surface area (Å²) in [5.74, 6) is -0.613. The van der Waals surface area contributed by atoms with Crippen molar-refractivity contribution in [1.82, 2.24) is 5.32 Å². The van der Waals surface area contributed by atoms with Crippen molar-refractivity contribution < 1.29 is 23.2 Å². The van der Waals surface area contributed by atoms with Crippen molar-refractivity contribution in [3.63, 3.8) is 0 Å². The van der Waals surface area contributed by atoms with Gasteiger partial charge in [-0.25, -0.2) is 8.42 Å². The molecule has 1 aromatic carbocycles. The van der Waals surface area contributed by atoms with Gasteiger partial charge in [0.15, 0.2) is 9.84 Å². The summed E-state index contributed by atoms with van der Waals surface area (Å²) in [6.07, 6.45) is 2.91. The van der Waals surface area contributed by atoms with Crippen LogP contribution in [0.15, 0.2) is 23.6 Å². The van der Waals surface area contributed by atoms with Gasteiger partial charge in [-0.15, -0.1) is 0 Å². The number of phenols is 1. The van der Waals surface area contributed by atoms with E-state index in [1.807, 2.05) is 13.8 Å². The number of amides is 1. The van der Waals surface area contributed by atoms with Crippen molar-refractivity contribution in [2.75, 3.05) is 6.26 Å². The van der Waals surface area contributed by atoms with Gasteiger partial charge in [-0.2, -0.15) is 0 Å². The summed E-state index contributed by atoms with van der Waals surface area (Å²) in [7, 11) is -3.31. The first-order chi connectivity index (χ1) is 11.9. The summed E-state index contributed by atoms with van der Waals surface area (Å²) in [6.45, 7) is 3.89. The number of nitrogens with zero attached hydrogens (tertiary/aromatic N) is 1. The first-order valence-electron chi connectivity index (χ1n) is 7.72. The predicted octanol–water partition coefficient (Wildman–Crippen LogP) is 2.54. The van der Waals surface area contributed by atoms with Crippen LogP contribution < -0.4 is 5.32 Å². The molecule has 0 heterocycles. The lowest BCUT2D eigenvalue weighted by Gasteiger charge is -2.17. The number of carbonyl (C=O) groups excluding carboxylic acids is 1. The molecule has 0 aliphatic rings. The van der Waals surface area contributed by atoms with E-state index >= 15 is 0 Å². The number of sulfone groups is 1. The standard InChI is InChI=1S/C16H21IN2O6S/c1-10(2)6-12(4-5-26(3,24)25)18-15(20)9-11-7-13(17)16(21)14(8-11)19(22)23/h4-5,7-8,10,12,21H,6,9H2,1-3H3,(H,18,20)/b5-4+/t12-/m1/s1. The molecule has 144 valence electrons. The molecule has 0 spiro atoms. The van der Waals surface area contributed by atoms with Crippen molar-refractivity contribution in [1.29, 1.82) is 0 Å². The van der Waals surface area contributed by atoms with Crippen LogP contribution in [0.4, 0.5) is 5.69 Å². The van der Waals surface area contributed by atoms with Gasteiger partial charge in [0, 0.05) is 23.8 Å². The van der Waals surface area contributed by atoms with Crippen molar-refractivity contribution >= 4 is 44.0 Å². The molecule has 2 N–H and O–H groups in total. The molecular weight excluding hydrogens is 475 g/mol. The molecule has 1 aromatic rings. The van der Waals surface area contributed by atoms with Crippen molar-refractivity contribution in [3.05, 3.63) is 42.9 Å². The average Bonchev–Trinajstić information content (AvgIpc) is 2.46. The van der Waals surface area contributed by atoms with E-state index in [0.717, 1.165) is 17.7 Å². The molecule has 0 unspecified atom stereocenters. The molecule has 0 saturated heterocycles. The molecular formula is C16H21IN2O6S. The largest absolute Gasteiger partial charge is 0.501 e. The van der Waals surface area contributed by atoms with Crippen LogP contribution in [-0.4, -0.2) is 36.7 Å². The Balaban J connectivity index is 2.94. The maximum atomic E-state index is 12.3. The molecule has 1 amide bonds. The number of nitro benzene ring substituents is 1. The fourth-order valence-electron chi connectivity index (χ4n) is 2.25. The summed E-state index contributed by atoms with van der Waals surface area (Å²) in [4.78, 5) is 22.5. The van der Waals surface area contributed by atoms with Crippen LogP contribution in [-0.2, 0) is 21.1 Å². The van der Waals surface area contributed by atoms with Crippen LogP contribution in [0.1, 0.15) is 25.8 Å². The Morgan fingerprint density at radius 3 is 2.54 bits per heavy atom. The number of hydrogen-bond acceptors (Lipinski definition) is 6. The predicted molar refractivity (Wildman–Crippen MR) is 107 cm³/mol. The van der Waals surface area contributed by atoms with E-state index in [1.54, 1.807) is 22.6 Å². The third kappa shape index (κ3) is 7.68. The fourth-order valence-corrected chi connectivity index (χ4v) is 3.41. The third-order valence-corrected chi connectivity index (χ3v) is 4.77. The second kappa shape index (κ2) is 9.31. The molecule has 0 aliphatic carbocycles. The molecule has 0 aromatic heterocycles. The van der Waals surface area contributed by atoms with E-state index < -0.39 is 38.1 Å². The van der Waals surface area contributed by atoms with E-state index in [-0.39, 0.29) is 15.9 Å². The van der Waals surface area contributed by atoms with Crippen LogP contribution in [0, 0.1) is 19.6 Å². The van der Waals surface area contributed by atoms with Crippen LogP contribution >= 0.6 is 22.6 Å². The summed E-state index contributed by atoms with van der Waals surface area (Å²) in [6, 6.07) is 2.18. The number of nitrogens with one attached hydrogen (secondary N) is 1. The summed E-state index contributed by atoms with van der Waals surface area (Å²) in [5, 5.41) is 24.4. The summed E-state index contributed by atoms with van der Waals surface area (Å²) < 4.78 is 22.8. The first-order valence-corrected chi connectivity index (χ1v) is 10.8. The first kappa shape index (κ1) is 22.4. The monoisotopic (exact) mass is 496 g/mol. The van der Waals surface area contributed by atoms with Crippen molar-refractivity contribution in [2.45, 2.75) is 32.7 Å². The Labute approximate surface area is 165 Å². The molecule has 8 nitrogen and oxygen atoms in total. The second-order valence-electron chi connectivity index (χ2n) is 6.34. The second-order valence-corrected chi connectivity index (χ2v) is 9.43. The number of halogens is 1. The van der Waals surface area contributed by atoms with Gasteiger partial charge in [-0.3, -0.25) is 14.9 Å². The number of benzene rings is 1. The van der Waals surface area contributed by atoms with E-state index in [9.17, 15) is 28.4 Å². The topological polar surface area (TPSA) is 127 Å². The quantitative estimate of drug-likeness (QED) is 0.324. The Kier molecular flexibility index (Phi) is 8.00. The van der Waals surface area contributed by atoms with E-state index in [1.165, 1.54) is 12.1 Å². The summed E-state index contributed by atoms with van der Waals surface area (Å²) >= 11 is 1.76. The molecule has 1 rings (SSSR count).